The molecule has 3 aromatic rings. The van der Waals surface area contributed by atoms with Crippen LogP contribution >= 0.6 is 0 Å². The Morgan fingerprint density at radius 2 is 1.83 bits per heavy atom. The van der Waals surface area contributed by atoms with Gasteiger partial charge in [-0.15, -0.1) is 0 Å². The number of fused-ring (bicyclic) bond motifs is 1. The number of H-pyrrole nitrogens is 1. The molecule has 1 heterocycles. The van der Waals surface area contributed by atoms with Gasteiger partial charge in [0, 0.05) is 36.4 Å². The largest absolute Gasteiger partial charge is 0.378 e. The van der Waals surface area contributed by atoms with E-state index in [0.717, 1.165) is 27.8 Å². The monoisotopic (exact) mass is 307 g/mol. The molecular formula is C19H21N3O. The standard InChI is InChI=1S/C19H21N3O/c1-12-5-7-17-14(9-12)11-18(20-17)19(23)21-16-8-6-15(22(3)4)10-13(16)2/h5-11,20H,1-4H3,(H,21,23). The average Bonchev–Trinajstić information content (AvgIpc) is 2.92. The van der Waals surface area contributed by atoms with Gasteiger partial charge in [0.25, 0.3) is 5.91 Å². The molecule has 0 radical (unpaired) electrons. The number of carbonyl (C=O) groups excluding carboxylic acids is 1. The zero-order valence-electron chi connectivity index (χ0n) is 13.9. The fraction of sp³-hybridized carbons (Fsp3) is 0.211. The average molecular weight is 307 g/mol. The molecule has 23 heavy (non-hydrogen) atoms. The van der Waals surface area contributed by atoms with Crippen LogP contribution < -0.4 is 10.2 Å². The van der Waals surface area contributed by atoms with E-state index in [1.807, 2.05) is 63.2 Å². The fourth-order valence-corrected chi connectivity index (χ4v) is 2.63. The fourth-order valence-electron chi connectivity index (χ4n) is 2.63. The van der Waals surface area contributed by atoms with E-state index in [4.69, 9.17) is 0 Å². The van der Waals surface area contributed by atoms with Crippen LogP contribution in [-0.4, -0.2) is 25.0 Å². The molecule has 2 aromatic carbocycles. The Morgan fingerprint density at radius 1 is 1.04 bits per heavy atom. The summed E-state index contributed by atoms with van der Waals surface area (Å²) in [6.07, 6.45) is 0. The molecule has 4 nitrogen and oxygen atoms in total. The Labute approximate surface area is 136 Å². The molecule has 4 heteroatoms. The number of nitrogens with one attached hydrogen (secondary N) is 2. The van der Waals surface area contributed by atoms with Gasteiger partial charge in [0.05, 0.1) is 0 Å². The van der Waals surface area contributed by atoms with Crippen LogP contribution in [0.4, 0.5) is 11.4 Å². The normalized spacial score (nSPS) is 10.8. The molecular weight excluding hydrogens is 286 g/mol. The van der Waals surface area contributed by atoms with Crippen molar-refractivity contribution in [3.05, 3.63) is 59.3 Å². The lowest BCUT2D eigenvalue weighted by Gasteiger charge is -2.15. The van der Waals surface area contributed by atoms with E-state index in [-0.39, 0.29) is 5.91 Å². The molecule has 0 saturated carbocycles. The summed E-state index contributed by atoms with van der Waals surface area (Å²) in [4.78, 5) is 17.7. The Balaban J connectivity index is 1.85. The van der Waals surface area contributed by atoms with Gasteiger partial charge in [0.1, 0.15) is 5.69 Å². The van der Waals surface area contributed by atoms with Crippen LogP contribution in [0.3, 0.4) is 0 Å². The van der Waals surface area contributed by atoms with Crippen LogP contribution in [0.2, 0.25) is 0 Å². The molecule has 0 aliphatic heterocycles. The summed E-state index contributed by atoms with van der Waals surface area (Å²) < 4.78 is 0. The smallest absolute Gasteiger partial charge is 0.272 e. The van der Waals surface area contributed by atoms with Crippen LogP contribution in [-0.2, 0) is 0 Å². The summed E-state index contributed by atoms with van der Waals surface area (Å²) in [6.45, 7) is 4.04. The molecule has 3 rings (SSSR count). The van der Waals surface area contributed by atoms with Crippen LogP contribution in [0.15, 0.2) is 42.5 Å². The third-order valence-electron chi connectivity index (χ3n) is 4.00. The number of aromatic amines is 1. The lowest BCUT2D eigenvalue weighted by molar-refractivity contribution is 0.102. The van der Waals surface area contributed by atoms with Crippen LogP contribution in [0.25, 0.3) is 10.9 Å². The summed E-state index contributed by atoms with van der Waals surface area (Å²) in [5.41, 5.74) is 5.70. The number of hydrogen-bond acceptors (Lipinski definition) is 2. The highest BCUT2D eigenvalue weighted by Gasteiger charge is 2.11. The SMILES string of the molecule is Cc1ccc2[nH]c(C(=O)Nc3ccc(N(C)C)cc3C)cc2c1. The third-order valence-corrected chi connectivity index (χ3v) is 4.00. The second-order valence-electron chi connectivity index (χ2n) is 6.12. The van der Waals surface area contributed by atoms with E-state index in [2.05, 4.69) is 22.4 Å². The van der Waals surface area contributed by atoms with Crippen molar-refractivity contribution in [2.75, 3.05) is 24.3 Å². The number of rotatable bonds is 3. The summed E-state index contributed by atoms with van der Waals surface area (Å²) >= 11 is 0. The summed E-state index contributed by atoms with van der Waals surface area (Å²) in [7, 11) is 4.00. The molecule has 0 fully saturated rings. The van der Waals surface area contributed by atoms with Gasteiger partial charge in [-0.1, -0.05) is 11.6 Å². The van der Waals surface area contributed by atoms with E-state index < -0.39 is 0 Å². The second-order valence-corrected chi connectivity index (χ2v) is 6.12. The van der Waals surface area contributed by atoms with Crippen molar-refractivity contribution in [2.45, 2.75) is 13.8 Å². The van der Waals surface area contributed by atoms with Crippen molar-refractivity contribution in [1.29, 1.82) is 0 Å². The van der Waals surface area contributed by atoms with Gasteiger partial charge in [-0.25, -0.2) is 0 Å². The van der Waals surface area contributed by atoms with Crippen molar-refractivity contribution in [2.24, 2.45) is 0 Å². The quantitative estimate of drug-likeness (QED) is 0.765. The van der Waals surface area contributed by atoms with Gasteiger partial charge < -0.3 is 15.2 Å². The number of anilines is 2. The van der Waals surface area contributed by atoms with Crippen LogP contribution in [0, 0.1) is 13.8 Å². The summed E-state index contributed by atoms with van der Waals surface area (Å²) in [5, 5.41) is 4.03. The van der Waals surface area contributed by atoms with E-state index in [0.29, 0.717) is 5.69 Å². The van der Waals surface area contributed by atoms with E-state index in [1.165, 1.54) is 5.56 Å². The summed E-state index contributed by atoms with van der Waals surface area (Å²) in [6, 6.07) is 14.0. The van der Waals surface area contributed by atoms with Gasteiger partial charge in [0.15, 0.2) is 0 Å². The zero-order valence-corrected chi connectivity index (χ0v) is 13.9. The third kappa shape index (κ3) is 3.06. The zero-order chi connectivity index (χ0) is 16.6. The number of amides is 1. The summed E-state index contributed by atoms with van der Waals surface area (Å²) in [5.74, 6) is -0.125. The molecule has 0 atom stereocenters. The predicted molar refractivity (Wildman–Crippen MR) is 96.5 cm³/mol. The number of carbonyl (C=O) groups is 1. The first-order chi connectivity index (χ1) is 10.9. The van der Waals surface area contributed by atoms with Gasteiger partial charge >= 0.3 is 0 Å². The molecule has 0 saturated heterocycles. The van der Waals surface area contributed by atoms with Gasteiger partial charge in [-0.2, -0.15) is 0 Å². The van der Waals surface area contributed by atoms with Crippen molar-refractivity contribution in [3.8, 4) is 0 Å². The molecule has 1 amide bonds. The maximum Gasteiger partial charge on any atom is 0.272 e. The molecule has 2 N–H and O–H groups in total. The van der Waals surface area contributed by atoms with E-state index in [9.17, 15) is 4.79 Å². The van der Waals surface area contributed by atoms with E-state index >= 15 is 0 Å². The maximum atomic E-state index is 12.5. The molecule has 0 aliphatic carbocycles. The predicted octanol–water partition coefficient (Wildman–Crippen LogP) is 4.10. The van der Waals surface area contributed by atoms with Gasteiger partial charge in [-0.05, 0) is 55.8 Å². The number of benzene rings is 2. The second kappa shape index (κ2) is 5.80. The molecule has 0 unspecified atom stereocenters. The van der Waals surface area contributed by atoms with Crippen molar-refractivity contribution >= 4 is 28.2 Å². The van der Waals surface area contributed by atoms with Gasteiger partial charge in [-0.3, -0.25) is 4.79 Å². The number of aryl methyl sites for hydroxylation is 2. The number of nitrogens with zero attached hydrogens (tertiary/aromatic N) is 1. The first-order valence-corrected chi connectivity index (χ1v) is 7.63. The topological polar surface area (TPSA) is 48.1 Å². The first-order valence-electron chi connectivity index (χ1n) is 7.63. The highest BCUT2D eigenvalue weighted by atomic mass is 16.1. The van der Waals surface area contributed by atoms with Gasteiger partial charge in [0.2, 0.25) is 0 Å². The molecule has 1 aromatic heterocycles. The molecule has 0 aliphatic rings. The molecule has 0 spiro atoms. The highest BCUT2D eigenvalue weighted by Crippen LogP contribution is 2.23. The Bertz CT molecular complexity index is 877. The Hall–Kier alpha value is -2.75. The van der Waals surface area contributed by atoms with E-state index in [1.54, 1.807) is 0 Å². The number of aromatic nitrogens is 1. The molecule has 118 valence electrons. The highest BCUT2D eigenvalue weighted by molar-refractivity contribution is 6.06. The van der Waals surface area contributed by atoms with Crippen molar-refractivity contribution < 1.29 is 4.79 Å². The van der Waals surface area contributed by atoms with Crippen LogP contribution in [0.5, 0.6) is 0 Å². The lowest BCUT2D eigenvalue weighted by Crippen LogP contribution is -2.14. The minimum absolute atomic E-state index is 0.125. The number of hydrogen-bond donors (Lipinski definition) is 2. The van der Waals surface area contributed by atoms with Crippen molar-refractivity contribution in [1.82, 2.24) is 4.98 Å². The minimum Gasteiger partial charge on any atom is -0.378 e. The van der Waals surface area contributed by atoms with Crippen LogP contribution in [0.1, 0.15) is 21.6 Å². The Kier molecular flexibility index (Phi) is 3.82. The lowest BCUT2D eigenvalue weighted by atomic mass is 10.1. The first kappa shape index (κ1) is 15.2. The maximum absolute atomic E-state index is 12.5. The Morgan fingerprint density at radius 3 is 2.52 bits per heavy atom. The minimum atomic E-state index is -0.125. The molecule has 0 bridgehead atoms. The van der Waals surface area contributed by atoms with Crippen molar-refractivity contribution in [3.63, 3.8) is 0 Å².